The van der Waals surface area contributed by atoms with Crippen LogP contribution in [0.2, 0.25) is 0 Å². The van der Waals surface area contributed by atoms with Gasteiger partial charge in [0.1, 0.15) is 0 Å². The van der Waals surface area contributed by atoms with Gasteiger partial charge in [0.15, 0.2) is 0 Å². The number of aliphatic hydroxyl groups is 1. The number of benzene rings is 1. The summed E-state index contributed by atoms with van der Waals surface area (Å²) in [6.45, 7) is 5.83. The fraction of sp³-hybridized carbons (Fsp3) is 0.538. The topological polar surface area (TPSA) is 35.5 Å². The maximum atomic E-state index is 8.95. The van der Waals surface area contributed by atoms with Gasteiger partial charge in [-0.1, -0.05) is 24.3 Å². The molecule has 0 saturated carbocycles. The van der Waals surface area contributed by atoms with Crippen molar-refractivity contribution in [3.8, 4) is 0 Å². The normalized spacial score (nSPS) is 17.6. The summed E-state index contributed by atoms with van der Waals surface area (Å²) < 4.78 is 0. The number of hydrogen-bond acceptors (Lipinski definition) is 3. The zero-order valence-corrected chi connectivity index (χ0v) is 9.65. The zero-order valence-electron chi connectivity index (χ0n) is 9.65. The average molecular weight is 220 g/mol. The SMILES string of the molecule is OCc1ccc(CCN2CCNCC2)cc1. The highest BCUT2D eigenvalue weighted by Crippen LogP contribution is 2.06. The lowest BCUT2D eigenvalue weighted by Gasteiger charge is -2.27. The molecular weight excluding hydrogens is 200 g/mol. The molecule has 0 radical (unpaired) electrons. The molecule has 1 saturated heterocycles. The summed E-state index contributed by atoms with van der Waals surface area (Å²) in [5.41, 5.74) is 2.35. The molecule has 1 aromatic rings. The molecule has 0 spiro atoms. The van der Waals surface area contributed by atoms with E-state index in [4.69, 9.17) is 5.11 Å². The van der Waals surface area contributed by atoms with Crippen molar-refractivity contribution in [2.45, 2.75) is 13.0 Å². The van der Waals surface area contributed by atoms with Crippen LogP contribution in [0.3, 0.4) is 0 Å². The molecule has 1 fully saturated rings. The van der Waals surface area contributed by atoms with Gasteiger partial charge in [-0.25, -0.2) is 0 Å². The fourth-order valence-corrected chi connectivity index (χ4v) is 2.03. The van der Waals surface area contributed by atoms with Crippen LogP contribution in [0.15, 0.2) is 24.3 Å². The summed E-state index contributed by atoms with van der Waals surface area (Å²) in [7, 11) is 0. The van der Waals surface area contributed by atoms with Crippen LogP contribution >= 0.6 is 0 Å². The van der Waals surface area contributed by atoms with Crippen LogP contribution in [0.25, 0.3) is 0 Å². The van der Waals surface area contributed by atoms with E-state index in [0.717, 1.165) is 44.7 Å². The monoisotopic (exact) mass is 220 g/mol. The number of nitrogens with zero attached hydrogens (tertiary/aromatic N) is 1. The van der Waals surface area contributed by atoms with Gasteiger partial charge in [0, 0.05) is 32.7 Å². The summed E-state index contributed by atoms with van der Waals surface area (Å²) in [5, 5.41) is 12.3. The quantitative estimate of drug-likeness (QED) is 0.781. The Labute approximate surface area is 97.1 Å². The van der Waals surface area contributed by atoms with Gasteiger partial charge in [-0.2, -0.15) is 0 Å². The lowest BCUT2D eigenvalue weighted by Crippen LogP contribution is -2.44. The molecule has 88 valence electrons. The van der Waals surface area contributed by atoms with Crippen molar-refractivity contribution in [2.75, 3.05) is 32.7 Å². The van der Waals surface area contributed by atoms with E-state index in [1.165, 1.54) is 5.56 Å². The van der Waals surface area contributed by atoms with Crippen LogP contribution in [0.1, 0.15) is 11.1 Å². The Hall–Kier alpha value is -0.900. The minimum atomic E-state index is 0.137. The highest BCUT2D eigenvalue weighted by Gasteiger charge is 2.08. The fourth-order valence-electron chi connectivity index (χ4n) is 2.03. The van der Waals surface area contributed by atoms with Crippen molar-refractivity contribution in [3.05, 3.63) is 35.4 Å². The maximum Gasteiger partial charge on any atom is 0.0681 e. The first-order valence-electron chi connectivity index (χ1n) is 6.00. The van der Waals surface area contributed by atoms with E-state index in [1.54, 1.807) is 0 Å². The Morgan fingerprint density at radius 2 is 1.69 bits per heavy atom. The first-order valence-corrected chi connectivity index (χ1v) is 6.00. The minimum Gasteiger partial charge on any atom is -0.392 e. The molecule has 1 heterocycles. The number of rotatable bonds is 4. The third-order valence-corrected chi connectivity index (χ3v) is 3.13. The number of hydrogen-bond donors (Lipinski definition) is 2. The first kappa shape index (κ1) is 11.6. The van der Waals surface area contributed by atoms with E-state index in [1.807, 2.05) is 12.1 Å². The predicted molar refractivity (Wildman–Crippen MR) is 65.4 cm³/mol. The summed E-state index contributed by atoms with van der Waals surface area (Å²) in [4.78, 5) is 2.50. The van der Waals surface area contributed by atoms with E-state index in [-0.39, 0.29) is 6.61 Å². The molecule has 2 rings (SSSR count). The lowest BCUT2D eigenvalue weighted by molar-refractivity contribution is 0.244. The van der Waals surface area contributed by atoms with Gasteiger partial charge in [-0.3, -0.25) is 0 Å². The van der Waals surface area contributed by atoms with E-state index in [9.17, 15) is 0 Å². The highest BCUT2D eigenvalue weighted by molar-refractivity contribution is 5.22. The van der Waals surface area contributed by atoms with Crippen molar-refractivity contribution in [1.29, 1.82) is 0 Å². The molecular formula is C13H20N2O. The number of aliphatic hydroxyl groups excluding tert-OH is 1. The first-order chi connectivity index (χ1) is 7.88. The molecule has 0 aliphatic carbocycles. The van der Waals surface area contributed by atoms with Crippen LogP contribution in [0.5, 0.6) is 0 Å². The van der Waals surface area contributed by atoms with E-state index in [2.05, 4.69) is 22.3 Å². The van der Waals surface area contributed by atoms with E-state index in [0.29, 0.717) is 0 Å². The van der Waals surface area contributed by atoms with Gasteiger partial charge in [0.25, 0.3) is 0 Å². The summed E-state index contributed by atoms with van der Waals surface area (Å²) in [6, 6.07) is 8.25. The van der Waals surface area contributed by atoms with Gasteiger partial charge < -0.3 is 15.3 Å². The van der Waals surface area contributed by atoms with E-state index < -0.39 is 0 Å². The molecule has 0 atom stereocenters. The third-order valence-electron chi connectivity index (χ3n) is 3.13. The maximum absolute atomic E-state index is 8.95. The Balaban J connectivity index is 1.79. The molecule has 16 heavy (non-hydrogen) atoms. The van der Waals surface area contributed by atoms with Crippen molar-refractivity contribution < 1.29 is 5.11 Å². The standard InChI is InChI=1S/C13H20N2O/c16-11-13-3-1-12(2-4-13)5-8-15-9-6-14-7-10-15/h1-4,14,16H,5-11H2. The van der Waals surface area contributed by atoms with Gasteiger partial charge in [-0.05, 0) is 17.5 Å². The van der Waals surface area contributed by atoms with Crippen molar-refractivity contribution in [1.82, 2.24) is 10.2 Å². The van der Waals surface area contributed by atoms with E-state index >= 15 is 0 Å². The van der Waals surface area contributed by atoms with Crippen LogP contribution in [0, 0.1) is 0 Å². The van der Waals surface area contributed by atoms with Crippen LogP contribution < -0.4 is 5.32 Å². The summed E-state index contributed by atoms with van der Waals surface area (Å²) >= 11 is 0. The van der Waals surface area contributed by atoms with Gasteiger partial charge >= 0.3 is 0 Å². The Kier molecular flexibility index (Phi) is 4.34. The van der Waals surface area contributed by atoms with Crippen molar-refractivity contribution in [2.24, 2.45) is 0 Å². The van der Waals surface area contributed by atoms with Crippen LogP contribution in [-0.2, 0) is 13.0 Å². The predicted octanol–water partition coefficient (Wildman–Crippen LogP) is 0.627. The Morgan fingerprint density at radius 3 is 2.31 bits per heavy atom. The third kappa shape index (κ3) is 3.30. The molecule has 3 heteroatoms. The van der Waals surface area contributed by atoms with Crippen LogP contribution in [0.4, 0.5) is 0 Å². The zero-order chi connectivity index (χ0) is 11.2. The smallest absolute Gasteiger partial charge is 0.0681 e. The van der Waals surface area contributed by atoms with Gasteiger partial charge in [0.2, 0.25) is 0 Å². The second kappa shape index (κ2) is 5.99. The molecule has 3 nitrogen and oxygen atoms in total. The lowest BCUT2D eigenvalue weighted by atomic mass is 10.1. The minimum absolute atomic E-state index is 0.137. The molecule has 0 aromatic heterocycles. The number of nitrogens with one attached hydrogen (secondary N) is 1. The van der Waals surface area contributed by atoms with Crippen LogP contribution in [-0.4, -0.2) is 42.7 Å². The largest absolute Gasteiger partial charge is 0.392 e. The molecule has 2 N–H and O–H groups in total. The summed E-state index contributed by atoms with van der Waals surface area (Å²) in [6.07, 6.45) is 1.10. The molecule has 1 aliphatic heterocycles. The van der Waals surface area contributed by atoms with Gasteiger partial charge in [0.05, 0.1) is 6.61 Å². The Bertz CT molecular complexity index is 304. The van der Waals surface area contributed by atoms with Crippen molar-refractivity contribution in [3.63, 3.8) is 0 Å². The average Bonchev–Trinajstić information content (AvgIpc) is 2.38. The molecule has 1 aromatic carbocycles. The summed E-state index contributed by atoms with van der Waals surface area (Å²) in [5.74, 6) is 0. The Morgan fingerprint density at radius 1 is 1.06 bits per heavy atom. The second-order valence-electron chi connectivity index (χ2n) is 4.32. The second-order valence-corrected chi connectivity index (χ2v) is 4.32. The molecule has 0 bridgehead atoms. The molecule has 0 unspecified atom stereocenters. The highest BCUT2D eigenvalue weighted by atomic mass is 16.3. The van der Waals surface area contributed by atoms with Gasteiger partial charge in [-0.15, -0.1) is 0 Å². The molecule has 1 aliphatic rings. The molecule has 0 amide bonds. The van der Waals surface area contributed by atoms with Crippen molar-refractivity contribution >= 4 is 0 Å². The number of piperazine rings is 1.